The van der Waals surface area contributed by atoms with Gasteiger partial charge in [0.15, 0.2) is 0 Å². The maximum absolute atomic E-state index is 13.5. The van der Waals surface area contributed by atoms with E-state index in [4.69, 9.17) is 15.6 Å². The van der Waals surface area contributed by atoms with Gasteiger partial charge in [-0.1, -0.05) is 24.3 Å². The first-order valence-corrected chi connectivity index (χ1v) is 18.4. The number of amides is 3. The number of phenols is 1. The Balaban J connectivity index is 0.880. The second-order valence-electron chi connectivity index (χ2n) is 14.3. The van der Waals surface area contributed by atoms with Crippen LogP contribution in [0.15, 0.2) is 90.8 Å². The van der Waals surface area contributed by atoms with Gasteiger partial charge in [-0.15, -0.1) is 0 Å². The van der Waals surface area contributed by atoms with Gasteiger partial charge in [0.1, 0.15) is 24.1 Å². The molecule has 272 valence electrons. The molecule has 4 heterocycles. The highest BCUT2D eigenvalue weighted by molar-refractivity contribution is 6.19. The molecule has 2 saturated heterocycles. The highest BCUT2D eigenvalue weighted by Crippen LogP contribution is 2.45. The first kappa shape index (κ1) is 34.3. The molecule has 12 heteroatoms. The number of piperidine rings is 1. The van der Waals surface area contributed by atoms with Crippen molar-refractivity contribution in [2.45, 2.75) is 56.5 Å². The highest BCUT2D eigenvalue weighted by atomic mass is 16.5. The molecule has 3 fully saturated rings. The Morgan fingerprint density at radius 2 is 1.66 bits per heavy atom. The van der Waals surface area contributed by atoms with Crippen molar-refractivity contribution in [2.24, 2.45) is 0 Å². The molecule has 1 atom stereocenters. The van der Waals surface area contributed by atoms with Crippen LogP contribution < -0.4 is 24.8 Å². The molecule has 3 amide bonds. The number of fused-ring (bicyclic) bond motifs is 1. The number of rotatable bonds is 7. The van der Waals surface area contributed by atoms with Crippen molar-refractivity contribution in [3.05, 3.63) is 102 Å². The molecule has 1 unspecified atom stereocenters. The fourth-order valence-corrected chi connectivity index (χ4v) is 8.47. The third-order valence-corrected chi connectivity index (χ3v) is 11.2. The molecule has 5 aliphatic rings. The lowest BCUT2D eigenvalue weighted by atomic mass is 9.80. The lowest BCUT2D eigenvalue weighted by Crippen LogP contribution is -2.54. The lowest BCUT2D eigenvalue weighted by Gasteiger charge is -2.42. The Kier molecular flexibility index (Phi) is 9.30. The molecule has 0 spiro atoms. The summed E-state index contributed by atoms with van der Waals surface area (Å²) in [5.74, 6) is 0.836. The number of hydrogen-bond acceptors (Lipinski definition) is 10. The summed E-state index contributed by atoms with van der Waals surface area (Å²) in [5, 5.41) is 29.7. The van der Waals surface area contributed by atoms with Crippen molar-refractivity contribution < 1.29 is 24.2 Å². The first-order valence-electron chi connectivity index (χ1n) is 18.4. The van der Waals surface area contributed by atoms with Crippen LogP contribution in [0, 0.1) is 10.8 Å². The number of aromatic hydroxyl groups is 1. The van der Waals surface area contributed by atoms with Gasteiger partial charge >= 0.3 is 0 Å². The van der Waals surface area contributed by atoms with E-state index in [1.807, 2.05) is 46.2 Å². The van der Waals surface area contributed by atoms with E-state index in [9.17, 15) is 19.5 Å². The Hall–Kier alpha value is -5.75. The van der Waals surface area contributed by atoms with E-state index in [1.54, 1.807) is 36.6 Å². The SMILES string of the molecule is N=C1C=CN(c2ccc(N3CCN(C4CCC(c5cccc6c5OCCN6C5CCC(=O)NC5=O)CC4)CC3=O)cc2)/C1=C/C(=N)c1ccccc1O. The van der Waals surface area contributed by atoms with Crippen LogP contribution in [0.1, 0.15) is 55.6 Å². The van der Waals surface area contributed by atoms with Gasteiger partial charge in [-0.25, -0.2) is 0 Å². The molecule has 4 N–H and O–H groups in total. The Morgan fingerprint density at radius 1 is 0.887 bits per heavy atom. The summed E-state index contributed by atoms with van der Waals surface area (Å²) in [4.78, 5) is 46.1. The average molecular weight is 714 g/mol. The summed E-state index contributed by atoms with van der Waals surface area (Å²) in [6.07, 6.45) is 9.85. The van der Waals surface area contributed by atoms with E-state index < -0.39 is 0 Å². The predicted octanol–water partition coefficient (Wildman–Crippen LogP) is 5.08. The van der Waals surface area contributed by atoms with E-state index in [0.29, 0.717) is 62.3 Å². The van der Waals surface area contributed by atoms with Gasteiger partial charge in [0.2, 0.25) is 17.7 Å². The molecule has 4 aliphatic heterocycles. The second-order valence-corrected chi connectivity index (χ2v) is 14.3. The normalized spacial score (nSPS) is 24.3. The smallest absolute Gasteiger partial charge is 0.249 e. The number of nitrogens with one attached hydrogen (secondary N) is 3. The van der Waals surface area contributed by atoms with Crippen LogP contribution in [0.4, 0.5) is 17.1 Å². The molecule has 53 heavy (non-hydrogen) atoms. The molecule has 8 rings (SSSR count). The monoisotopic (exact) mass is 713 g/mol. The van der Waals surface area contributed by atoms with Crippen LogP contribution in [0.2, 0.25) is 0 Å². The van der Waals surface area contributed by atoms with Gasteiger partial charge in [-0.3, -0.25) is 30.0 Å². The Morgan fingerprint density at radius 3 is 2.42 bits per heavy atom. The minimum atomic E-state index is -0.373. The van der Waals surface area contributed by atoms with Gasteiger partial charge in [0.05, 0.1) is 35.9 Å². The minimum Gasteiger partial charge on any atom is -0.507 e. The molecule has 0 aromatic heterocycles. The fraction of sp³-hybridized carbons (Fsp3) is 0.341. The third-order valence-electron chi connectivity index (χ3n) is 11.2. The average Bonchev–Trinajstić information content (AvgIpc) is 3.53. The van der Waals surface area contributed by atoms with Gasteiger partial charge in [0, 0.05) is 48.7 Å². The number of nitrogens with zero attached hydrogens (tertiary/aromatic N) is 4. The number of benzene rings is 3. The van der Waals surface area contributed by atoms with E-state index in [0.717, 1.165) is 55.0 Å². The zero-order chi connectivity index (χ0) is 36.6. The Labute approximate surface area is 308 Å². The molecule has 3 aromatic carbocycles. The molecule has 0 radical (unpaired) electrons. The number of imide groups is 1. The van der Waals surface area contributed by atoms with E-state index >= 15 is 0 Å². The van der Waals surface area contributed by atoms with Gasteiger partial charge in [0.25, 0.3) is 0 Å². The quantitative estimate of drug-likeness (QED) is 0.196. The van der Waals surface area contributed by atoms with Gasteiger partial charge < -0.3 is 30.0 Å². The maximum Gasteiger partial charge on any atom is 0.249 e. The maximum atomic E-state index is 13.5. The van der Waals surface area contributed by atoms with Crippen molar-refractivity contribution in [1.29, 1.82) is 10.8 Å². The van der Waals surface area contributed by atoms with Crippen LogP contribution >= 0.6 is 0 Å². The second kappa shape index (κ2) is 14.3. The van der Waals surface area contributed by atoms with Gasteiger partial charge in [-0.05, 0) is 98.2 Å². The summed E-state index contributed by atoms with van der Waals surface area (Å²) in [6.45, 7) is 2.87. The van der Waals surface area contributed by atoms with Crippen molar-refractivity contribution in [3.63, 3.8) is 0 Å². The van der Waals surface area contributed by atoms with Crippen molar-refractivity contribution in [1.82, 2.24) is 10.2 Å². The number of anilines is 3. The van der Waals surface area contributed by atoms with Crippen LogP contribution in [0.25, 0.3) is 0 Å². The zero-order valence-corrected chi connectivity index (χ0v) is 29.5. The number of ether oxygens (including phenoxy) is 1. The first-order chi connectivity index (χ1) is 25.7. The lowest BCUT2D eigenvalue weighted by molar-refractivity contribution is -0.134. The summed E-state index contributed by atoms with van der Waals surface area (Å²) in [7, 11) is 0. The molecule has 1 aliphatic carbocycles. The molecule has 0 bridgehead atoms. The number of para-hydroxylation sites is 2. The summed E-state index contributed by atoms with van der Waals surface area (Å²) < 4.78 is 6.24. The number of phenolic OH excluding ortho intramolecular Hbond substituents is 1. The van der Waals surface area contributed by atoms with Crippen molar-refractivity contribution in [3.8, 4) is 11.5 Å². The topological polar surface area (TPSA) is 153 Å². The Bertz CT molecular complexity index is 2030. The van der Waals surface area contributed by atoms with Gasteiger partial charge in [-0.2, -0.15) is 0 Å². The predicted molar refractivity (Wildman–Crippen MR) is 203 cm³/mol. The number of piperazine rings is 1. The fourth-order valence-electron chi connectivity index (χ4n) is 8.47. The van der Waals surface area contributed by atoms with Crippen molar-refractivity contribution in [2.75, 3.05) is 47.5 Å². The van der Waals surface area contributed by atoms with Crippen LogP contribution in [-0.4, -0.2) is 84.0 Å². The molecule has 1 saturated carbocycles. The number of carbonyl (C=O) groups excluding carboxylic acids is 3. The molecular formula is C41H43N7O5. The van der Waals surface area contributed by atoms with Crippen LogP contribution in [-0.2, 0) is 14.4 Å². The van der Waals surface area contributed by atoms with Crippen molar-refractivity contribution >= 4 is 46.2 Å². The van der Waals surface area contributed by atoms with Crippen LogP contribution in [0.3, 0.4) is 0 Å². The van der Waals surface area contributed by atoms with E-state index in [2.05, 4.69) is 21.2 Å². The molecular weight excluding hydrogens is 670 g/mol. The summed E-state index contributed by atoms with van der Waals surface area (Å²) >= 11 is 0. The molecule has 12 nitrogen and oxygen atoms in total. The number of carbonyl (C=O) groups is 3. The van der Waals surface area contributed by atoms with Crippen LogP contribution in [0.5, 0.6) is 11.5 Å². The largest absolute Gasteiger partial charge is 0.507 e. The summed E-state index contributed by atoms with van der Waals surface area (Å²) in [5.41, 5.74) is 5.04. The summed E-state index contributed by atoms with van der Waals surface area (Å²) in [6, 6.07) is 20.6. The standard InChI is InChI=1S/C41H43N7O5/c42-32-18-19-46(36(32)24-33(43)31-4-1-2-7-37(31)49)28-12-14-29(15-13-28)47-21-20-45(25-39(47)51)27-10-8-26(9-11-27)30-5-3-6-34-40(30)53-23-22-48(34)35-16-17-38(50)44-41(35)52/h1-7,12-15,18-19,24,26-27,35,42-43,49H,8-11,16-17,20-23,25H2,(H,44,50,52)/b36-24+,42-32?,43-33?. The minimum absolute atomic E-state index is 0.0160. The molecule has 3 aromatic rings. The zero-order valence-electron chi connectivity index (χ0n) is 29.5. The number of allylic oxidation sites excluding steroid dienone is 2. The highest BCUT2D eigenvalue weighted by Gasteiger charge is 2.37. The van der Waals surface area contributed by atoms with E-state index in [1.165, 1.54) is 11.6 Å². The van der Waals surface area contributed by atoms with E-state index in [-0.39, 0.29) is 40.9 Å². The third kappa shape index (κ3) is 6.70. The number of hydrogen-bond donors (Lipinski definition) is 4.